The van der Waals surface area contributed by atoms with E-state index in [0.29, 0.717) is 47.3 Å². The van der Waals surface area contributed by atoms with Crippen molar-refractivity contribution in [1.29, 1.82) is 0 Å². The summed E-state index contributed by atoms with van der Waals surface area (Å²) in [4.78, 5) is 0. The highest BCUT2D eigenvalue weighted by Gasteiger charge is 2.57. The second kappa shape index (κ2) is 12.7. The van der Waals surface area contributed by atoms with E-state index in [1.165, 1.54) is 16.7 Å². The van der Waals surface area contributed by atoms with Gasteiger partial charge in [-0.15, -0.1) is 0 Å². The summed E-state index contributed by atoms with van der Waals surface area (Å²) in [5.74, 6) is 2.56. The summed E-state index contributed by atoms with van der Waals surface area (Å²) in [5, 5.41) is 0.314. The van der Waals surface area contributed by atoms with E-state index in [4.69, 9.17) is 9.47 Å². The number of unbranched alkanes of at least 4 members (excludes halogenated alkanes) is 1. The number of benzene rings is 2. The molecule has 0 bridgehead atoms. The molecule has 0 spiro atoms. The van der Waals surface area contributed by atoms with Gasteiger partial charge in [0.25, 0.3) is 6.08 Å². The molecular weight excluding hydrogens is 530 g/mol. The summed E-state index contributed by atoms with van der Waals surface area (Å²) < 4.78 is 40.9. The van der Waals surface area contributed by atoms with Gasteiger partial charge in [-0.2, -0.15) is 8.78 Å². The topological polar surface area (TPSA) is 18.5 Å². The number of aryl methyl sites for hydroxylation is 1. The second-order valence-electron chi connectivity index (χ2n) is 14.3. The molecule has 3 aliphatic rings. The van der Waals surface area contributed by atoms with Gasteiger partial charge in [0.2, 0.25) is 0 Å². The number of rotatable bonds is 11. The van der Waals surface area contributed by atoms with Crippen LogP contribution in [0.2, 0.25) is 18.1 Å². The first-order valence-electron chi connectivity index (χ1n) is 16.0. The third kappa shape index (κ3) is 6.51. The minimum Gasteiger partial charge on any atom is -0.489 e. The molecular formula is C36H50F2O2Si. The van der Waals surface area contributed by atoms with Gasteiger partial charge in [0.05, 0.1) is 0 Å². The lowest BCUT2D eigenvalue weighted by molar-refractivity contribution is 0.0436. The van der Waals surface area contributed by atoms with Crippen LogP contribution in [0.4, 0.5) is 8.78 Å². The monoisotopic (exact) mass is 580 g/mol. The molecule has 224 valence electrons. The molecule has 5 rings (SSSR count). The molecule has 3 aliphatic carbocycles. The maximum absolute atomic E-state index is 14.3. The van der Waals surface area contributed by atoms with Crippen molar-refractivity contribution in [3.8, 4) is 5.75 Å². The van der Waals surface area contributed by atoms with Gasteiger partial charge < -0.3 is 9.47 Å². The molecule has 5 atom stereocenters. The Hall–Kier alpha value is -1.98. The van der Waals surface area contributed by atoms with Crippen molar-refractivity contribution < 1.29 is 18.3 Å². The van der Waals surface area contributed by atoms with Crippen molar-refractivity contribution >= 4 is 8.80 Å². The maximum atomic E-state index is 14.3. The van der Waals surface area contributed by atoms with Crippen molar-refractivity contribution in [1.82, 2.24) is 0 Å². The fourth-order valence-corrected chi connectivity index (χ4v) is 8.62. The van der Waals surface area contributed by atoms with Crippen molar-refractivity contribution in [3.63, 3.8) is 0 Å². The third-order valence-electron chi connectivity index (χ3n) is 11.2. The van der Waals surface area contributed by atoms with Crippen molar-refractivity contribution in [2.75, 3.05) is 13.2 Å². The lowest BCUT2D eigenvalue weighted by atomic mass is 9.53. The van der Waals surface area contributed by atoms with Crippen LogP contribution in [0.25, 0.3) is 0 Å². The van der Waals surface area contributed by atoms with E-state index < -0.39 is 14.9 Å². The van der Waals surface area contributed by atoms with Gasteiger partial charge >= 0.3 is 0 Å². The van der Waals surface area contributed by atoms with Crippen LogP contribution in [0, 0.1) is 23.2 Å². The molecule has 0 saturated heterocycles. The average Bonchev–Trinajstić information content (AvgIpc) is 3.26. The Labute approximate surface area is 248 Å². The lowest BCUT2D eigenvalue weighted by Gasteiger charge is -2.51. The zero-order valence-corrected chi connectivity index (χ0v) is 27.0. The number of hydrogen-bond acceptors (Lipinski definition) is 2. The summed E-state index contributed by atoms with van der Waals surface area (Å²) in [6.07, 6.45) is 6.27. The first-order valence-corrected chi connectivity index (χ1v) is 18.9. The first-order chi connectivity index (χ1) is 19.6. The fraction of sp³-hybridized carbons (Fsp3) is 0.611. The molecule has 2 aromatic rings. The van der Waals surface area contributed by atoms with E-state index >= 15 is 0 Å². The predicted octanol–water partition coefficient (Wildman–Crippen LogP) is 9.95. The minimum atomic E-state index is -1.40. The average molecular weight is 581 g/mol. The Kier molecular flexibility index (Phi) is 9.45. The molecule has 0 radical (unpaired) electrons. The van der Waals surface area contributed by atoms with Crippen molar-refractivity contribution in [2.24, 2.45) is 23.2 Å². The second-order valence-corrected chi connectivity index (χ2v) is 18.2. The van der Waals surface area contributed by atoms with Crippen LogP contribution in [0.1, 0.15) is 88.3 Å². The normalized spacial score (nSPS) is 27.4. The third-order valence-corrected chi connectivity index (χ3v) is 14.5. The molecule has 0 N–H and O–H groups in total. The summed E-state index contributed by atoms with van der Waals surface area (Å²) in [5.41, 5.74) is 4.12. The van der Waals surface area contributed by atoms with E-state index in [1.807, 2.05) is 18.2 Å². The van der Waals surface area contributed by atoms with Crippen molar-refractivity contribution in [3.05, 3.63) is 76.9 Å². The van der Waals surface area contributed by atoms with Gasteiger partial charge in [0, 0.05) is 27.6 Å². The maximum Gasteiger partial charge on any atom is 0.270 e. The van der Waals surface area contributed by atoms with Crippen LogP contribution in [-0.2, 0) is 17.8 Å². The Morgan fingerprint density at radius 2 is 1.83 bits per heavy atom. The van der Waals surface area contributed by atoms with Crippen LogP contribution < -0.4 is 4.74 Å². The zero-order valence-electron chi connectivity index (χ0n) is 25.9. The SMILES string of the molecule is C[SiH](C)C(C)(C)COCCCCC1CC(=C(F)F)[C@@]2(C)CC[C@@H]3c4ccc(OCc5ccccc5)cc4CC[C@H]3[C@H]12. The molecule has 0 aliphatic heterocycles. The first kappa shape index (κ1) is 30.5. The van der Waals surface area contributed by atoms with Gasteiger partial charge in [-0.25, -0.2) is 0 Å². The highest BCUT2D eigenvalue weighted by molar-refractivity contribution is 6.59. The number of ether oxygens (including phenoxy) is 2. The number of halogens is 2. The zero-order chi connectivity index (χ0) is 29.2. The number of hydrogen-bond donors (Lipinski definition) is 0. The van der Waals surface area contributed by atoms with Crippen LogP contribution in [0.15, 0.2) is 60.2 Å². The molecule has 2 aromatic carbocycles. The molecule has 5 heteroatoms. The molecule has 1 unspecified atom stereocenters. The van der Waals surface area contributed by atoms with E-state index in [1.54, 1.807) is 0 Å². The number of allylic oxidation sites excluding steroid dienone is 1. The molecule has 0 amide bonds. The van der Waals surface area contributed by atoms with Gasteiger partial charge in [-0.05, 0) is 108 Å². The van der Waals surface area contributed by atoms with E-state index in [0.717, 1.165) is 63.9 Å². The highest BCUT2D eigenvalue weighted by Crippen LogP contribution is 2.66. The van der Waals surface area contributed by atoms with Gasteiger partial charge in [0.1, 0.15) is 12.4 Å². The van der Waals surface area contributed by atoms with Crippen LogP contribution in [0.5, 0.6) is 5.75 Å². The lowest BCUT2D eigenvalue weighted by Crippen LogP contribution is -2.42. The van der Waals surface area contributed by atoms with E-state index in [-0.39, 0.29) is 5.41 Å². The molecule has 2 nitrogen and oxygen atoms in total. The standard InChI is InChI=1S/C36H50F2O2Si/c1-35(2,41(4)5)24-39-20-10-9-13-27-22-32(34(37)38)36(3)19-18-30-29-17-15-28(40-23-25-11-7-6-8-12-25)21-26(29)14-16-31(30)33(27)36/h6-8,11-12,15,17,21,27,30-31,33,41H,9-10,13-14,16,18-20,22-24H2,1-5H3/t27?,30-,31-,33+,36-/m1/s1. The Bertz CT molecular complexity index is 1210. The Morgan fingerprint density at radius 1 is 1.05 bits per heavy atom. The molecule has 2 fully saturated rings. The van der Waals surface area contributed by atoms with E-state index in [9.17, 15) is 8.78 Å². The van der Waals surface area contributed by atoms with Gasteiger partial charge in [0.15, 0.2) is 0 Å². The Balaban J connectivity index is 1.25. The summed E-state index contributed by atoms with van der Waals surface area (Å²) in [6, 6.07) is 16.9. The van der Waals surface area contributed by atoms with E-state index in [2.05, 4.69) is 64.2 Å². The quantitative estimate of drug-likeness (QED) is 0.194. The largest absolute Gasteiger partial charge is 0.489 e. The van der Waals surface area contributed by atoms with Crippen LogP contribution in [-0.4, -0.2) is 22.0 Å². The molecule has 41 heavy (non-hydrogen) atoms. The smallest absolute Gasteiger partial charge is 0.270 e. The van der Waals surface area contributed by atoms with Crippen LogP contribution in [0.3, 0.4) is 0 Å². The van der Waals surface area contributed by atoms with Gasteiger partial charge in [-0.1, -0.05) is 76.7 Å². The highest BCUT2D eigenvalue weighted by atomic mass is 28.3. The van der Waals surface area contributed by atoms with Crippen LogP contribution >= 0.6 is 0 Å². The molecule has 0 heterocycles. The Morgan fingerprint density at radius 3 is 2.56 bits per heavy atom. The molecule has 2 saturated carbocycles. The van der Waals surface area contributed by atoms with Crippen molar-refractivity contribution in [2.45, 2.75) is 103 Å². The molecule has 0 aromatic heterocycles. The van der Waals surface area contributed by atoms with Gasteiger partial charge in [-0.3, -0.25) is 0 Å². The summed E-state index contributed by atoms with van der Waals surface area (Å²) >= 11 is 0. The predicted molar refractivity (Wildman–Crippen MR) is 168 cm³/mol. The summed E-state index contributed by atoms with van der Waals surface area (Å²) in [6.45, 7) is 13.8. The summed E-state index contributed by atoms with van der Waals surface area (Å²) in [7, 11) is -0.765. The minimum absolute atomic E-state index is 0.314. The fourth-order valence-electron chi connectivity index (χ4n) is 8.17. The number of fused-ring (bicyclic) bond motifs is 5.